The van der Waals surface area contributed by atoms with Crippen LogP contribution in [-0.4, -0.2) is 42.9 Å². The van der Waals surface area contributed by atoms with Crippen molar-refractivity contribution in [3.8, 4) is 0 Å². The van der Waals surface area contributed by atoms with E-state index >= 15 is 0 Å². The fraction of sp³-hybridized carbons (Fsp3) is 0.188. The summed E-state index contributed by atoms with van der Waals surface area (Å²) in [6, 6.07) is 40.6. The first-order chi connectivity index (χ1) is 18.1. The molecule has 5 heteroatoms. The van der Waals surface area contributed by atoms with E-state index in [9.17, 15) is 9.59 Å². The van der Waals surface area contributed by atoms with Crippen molar-refractivity contribution in [2.75, 3.05) is 26.2 Å². The van der Waals surface area contributed by atoms with Crippen molar-refractivity contribution in [1.82, 2.24) is 10.2 Å². The number of nitrogens with zero attached hydrogens (tertiary/aromatic N) is 1. The highest BCUT2D eigenvalue weighted by molar-refractivity contribution is 5.85. The molecule has 0 saturated heterocycles. The summed E-state index contributed by atoms with van der Waals surface area (Å²) in [5, 5.41) is 3.35. The average Bonchev–Trinajstić information content (AvgIpc) is 2.95. The zero-order chi connectivity index (χ0) is 25.9. The third-order valence-corrected chi connectivity index (χ3v) is 6.53. The minimum absolute atomic E-state index is 0.0768. The van der Waals surface area contributed by atoms with Gasteiger partial charge in [0.15, 0.2) is 0 Å². The third-order valence-electron chi connectivity index (χ3n) is 6.53. The van der Waals surface area contributed by atoms with Gasteiger partial charge in [-0.1, -0.05) is 121 Å². The monoisotopic (exact) mass is 491 g/mol. The molecule has 0 aromatic heterocycles. The molecule has 0 aliphatic rings. The summed E-state index contributed by atoms with van der Waals surface area (Å²) < 4.78 is 0. The Balaban J connectivity index is 1.49. The van der Waals surface area contributed by atoms with Crippen molar-refractivity contribution in [2.45, 2.75) is 11.8 Å². The summed E-state index contributed by atoms with van der Waals surface area (Å²) >= 11 is 0. The molecule has 5 nitrogen and oxygen atoms in total. The Kier molecular flexibility index (Phi) is 9.22. The van der Waals surface area contributed by atoms with E-state index in [1.165, 1.54) is 11.1 Å². The topological polar surface area (TPSA) is 75.4 Å². The predicted octanol–water partition coefficient (Wildman–Crippen LogP) is 4.55. The number of carbonyl (C=O) groups is 2. The molecular formula is C32H33N3O2. The maximum Gasteiger partial charge on any atom is 0.237 e. The standard InChI is InChI=1S/C32H33N3O2/c33-31(36)24-35(23-30(27-17-9-3-10-18-27)28-19-11-4-12-20-28)32(37)22-34-21-29(25-13-5-1-6-14-25)26-15-7-2-8-16-26/h1-20,29-30,34H,21-24H2,(H2,33,36). The van der Waals surface area contributed by atoms with E-state index in [0.29, 0.717) is 13.1 Å². The van der Waals surface area contributed by atoms with Crippen LogP contribution in [0, 0.1) is 0 Å². The largest absolute Gasteiger partial charge is 0.368 e. The van der Waals surface area contributed by atoms with Gasteiger partial charge in [-0.05, 0) is 22.3 Å². The Bertz CT molecular complexity index is 1170. The number of nitrogens with one attached hydrogen (secondary N) is 1. The van der Waals surface area contributed by atoms with E-state index < -0.39 is 5.91 Å². The van der Waals surface area contributed by atoms with Gasteiger partial charge in [-0.15, -0.1) is 0 Å². The molecule has 4 aromatic rings. The molecule has 2 amide bonds. The van der Waals surface area contributed by atoms with Gasteiger partial charge in [-0.2, -0.15) is 0 Å². The number of benzene rings is 4. The predicted molar refractivity (Wildman–Crippen MR) is 148 cm³/mol. The summed E-state index contributed by atoms with van der Waals surface area (Å²) in [4.78, 5) is 26.9. The first-order valence-corrected chi connectivity index (χ1v) is 12.6. The summed E-state index contributed by atoms with van der Waals surface area (Å²) in [6.07, 6.45) is 0. The van der Waals surface area contributed by atoms with Crippen LogP contribution in [0.5, 0.6) is 0 Å². The lowest BCUT2D eigenvalue weighted by molar-refractivity contribution is -0.134. The molecule has 3 N–H and O–H groups in total. The zero-order valence-corrected chi connectivity index (χ0v) is 20.9. The molecule has 0 heterocycles. The molecule has 0 spiro atoms. The SMILES string of the molecule is NC(=O)CN(CC(c1ccccc1)c1ccccc1)C(=O)CNCC(c1ccccc1)c1ccccc1. The number of nitrogens with two attached hydrogens (primary N) is 1. The van der Waals surface area contributed by atoms with Crippen LogP contribution in [0.15, 0.2) is 121 Å². The summed E-state index contributed by atoms with van der Waals surface area (Å²) in [7, 11) is 0. The third kappa shape index (κ3) is 7.38. The van der Waals surface area contributed by atoms with E-state index in [4.69, 9.17) is 5.73 Å². The molecule has 0 fully saturated rings. The summed E-state index contributed by atoms with van der Waals surface area (Å²) in [6.45, 7) is 0.931. The Morgan fingerprint density at radius 1 is 0.622 bits per heavy atom. The average molecular weight is 492 g/mol. The van der Waals surface area contributed by atoms with Gasteiger partial charge < -0.3 is 16.0 Å². The normalized spacial score (nSPS) is 11.0. The number of hydrogen-bond acceptors (Lipinski definition) is 3. The van der Waals surface area contributed by atoms with Gasteiger partial charge in [0.2, 0.25) is 11.8 Å². The van der Waals surface area contributed by atoms with Crippen LogP contribution in [0.1, 0.15) is 34.1 Å². The molecule has 0 aliphatic heterocycles. The molecular weight excluding hydrogens is 458 g/mol. The molecule has 0 unspecified atom stereocenters. The number of carbonyl (C=O) groups excluding carboxylic acids is 2. The van der Waals surface area contributed by atoms with Gasteiger partial charge in [0.1, 0.15) is 0 Å². The number of rotatable bonds is 12. The van der Waals surface area contributed by atoms with Crippen LogP contribution in [0.3, 0.4) is 0 Å². The van der Waals surface area contributed by atoms with Crippen LogP contribution in [0.2, 0.25) is 0 Å². The molecule has 0 aliphatic carbocycles. The lowest BCUT2D eigenvalue weighted by Crippen LogP contribution is -2.45. The van der Waals surface area contributed by atoms with Gasteiger partial charge in [-0.3, -0.25) is 9.59 Å². The molecule has 0 bridgehead atoms. The molecule has 0 saturated carbocycles. The highest BCUT2D eigenvalue weighted by Crippen LogP contribution is 2.26. The first kappa shape index (κ1) is 25.9. The van der Waals surface area contributed by atoms with Crippen molar-refractivity contribution in [3.05, 3.63) is 144 Å². The number of primary amides is 1. The van der Waals surface area contributed by atoms with Crippen LogP contribution in [0.4, 0.5) is 0 Å². The fourth-order valence-electron chi connectivity index (χ4n) is 4.67. The second-order valence-corrected chi connectivity index (χ2v) is 9.12. The van der Waals surface area contributed by atoms with Crippen LogP contribution in [0.25, 0.3) is 0 Å². The van der Waals surface area contributed by atoms with E-state index in [1.54, 1.807) is 4.90 Å². The molecule has 37 heavy (non-hydrogen) atoms. The lowest BCUT2D eigenvalue weighted by Gasteiger charge is -2.28. The Labute approximate surface area is 218 Å². The minimum Gasteiger partial charge on any atom is -0.368 e. The molecule has 0 atom stereocenters. The van der Waals surface area contributed by atoms with E-state index in [1.807, 2.05) is 97.1 Å². The van der Waals surface area contributed by atoms with Crippen molar-refractivity contribution < 1.29 is 9.59 Å². The smallest absolute Gasteiger partial charge is 0.237 e. The lowest BCUT2D eigenvalue weighted by atomic mass is 9.90. The highest BCUT2D eigenvalue weighted by Gasteiger charge is 2.23. The Morgan fingerprint density at radius 2 is 1.00 bits per heavy atom. The van der Waals surface area contributed by atoms with Gasteiger partial charge >= 0.3 is 0 Å². The molecule has 4 aromatic carbocycles. The van der Waals surface area contributed by atoms with Crippen LogP contribution < -0.4 is 11.1 Å². The van der Waals surface area contributed by atoms with Crippen molar-refractivity contribution in [1.29, 1.82) is 0 Å². The Morgan fingerprint density at radius 3 is 1.38 bits per heavy atom. The van der Waals surface area contributed by atoms with Crippen molar-refractivity contribution >= 4 is 11.8 Å². The van der Waals surface area contributed by atoms with Crippen molar-refractivity contribution in [3.63, 3.8) is 0 Å². The first-order valence-electron chi connectivity index (χ1n) is 12.6. The van der Waals surface area contributed by atoms with Gasteiger partial charge in [0.05, 0.1) is 13.1 Å². The summed E-state index contributed by atoms with van der Waals surface area (Å²) in [5.74, 6) is -0.663. The fourth-order valence-corrected chi connectivity index (χ4v) is 4.67. The second kappa shape index (κ2) is 13.2. The van der Waals surface area contributed by atoms with Gasteiger partial charge in [-0.25, -0.2) is 0 Å². The van der Waals surface area contributed by atoms with Crippen LogP contribution >= 0.6 is 0 Å². The molecule has 0 radical (unpaired) electrons. The maximum atomic E-state index is 13.4. The maximum absolute atomic E-state index is 13.4. The second-order valence-electron chi connectivity index (χ2n) is 9.12. The van der Waals surface area contributed by atoms with Gasteiger partial charge in [0, 0.05) is 24.9 Å². The minimum atomic E-state index is -0.528. The van der Waals surface area contributed by atoms with E-state index in [0.717, 1.165) is 11.1 Å². The number of amides is 2. The summed E-state index contributed by atoms with van der Waals surface area (Å²) in [5.41, 5.74) is 10.1. The van der Waals surface area contributed by atoms with E-state index in [-0.39, 0.29) is 30.8 Å². The molecule has 4 rings (SSSR count). The quantitative estimate of drug-likeness (QED) is 0.305. The Hall–Kier alpha value is -4.22. The van der Waals surface area contributed by atoms with Gasteiger partial charge in [0.25, 0.3) is 0 Å². The van der Waals surface area contributed by atoms with E-state index in [2.05, 4.69) is 29.6 Å². The zero-order valence-electron chi connectivity index (χ0n) is 20.9. The highest BCUT2D eigenvalue weighted by atomic mass is 16.2. The molecule has 188 valence electrons. The van der Waals surface area contributed by atoms with Crippen molar-refractivity contribution in [2.24, 2.45) is 5.73 Å². The number of hydrogen-bond donors (Lipinski definition) is 2. The van der Waals surface area contributed by atoms with Crippen LogP contribution in [-0.2, 0) is 9.59 Å².